The lowest BCUT2D eigenvalue weighted by Gasteiger charge is -2.08. The summed E-state index contributed by atoms with van der Waals surface area (Å²) in [4.78, 5) is 0.271. The van der Waals surface area contributed by atoms with Gasteiger partial charge in [0.2, 0.25) is 0 Å². The zero-order valence-electron chi connectivity index (χ0n) is 16.1. The smallest absolute Gasteiger partial charge is 0.248 e. The molecule has 0 unspecified atom stereocenters. The van der Waals surface area contributed by atoms with Crippen LogP contribution in [0.5, 0.6) is 0 Å². The first kappa shape index (κ1) is 18.4. The molecule has 0 bridgehead atoms. The normalized spacial score (nSPS) is 11.6. The van der Waals surface area contributed by atoms with Crippen LogP contribution in [0.4, 0.5) is 0 Å². The molecule has 0 aliphatic heterocycles. The van der Waals surface area contributed by atoms with Gasteiger partial charge in [0.05, 0.1) is 4.90 Å². The first-order chi connectivity index (χ1) is 14.6. The van der Waals surface area contributed by atoms with Crippen molar-refractivity contribution in [2.45, 2.75) is 4.90 Å². The van der Waals surface area contributed by atoms with Crippen LogP contribution < -0.4 is 0 Å². The van der Waals surface area contributed by atoms with Gasteiger partial charge in [-0.05, 0) is 34.4 Å². The highest BCUT2D eigenvalue weighted by Gasteiger charge is 2.19. The third kappa shape index (κ3) is 3.11. The van der Waals surface area contributed by atoms with Crippen molar-refractivity contribution in [2.75, 3.05) is 0 Å². The zero-order valence-corrected chi connectivity index (χ0v) is 17.0. The van der Waals surface area contributed by atoms with E-state index in [0.717, 1.165) is 33.0 Å². The summed E-state index contributed by atoms with van der Waals surface area (Å²) >= 11 is 0. The first-order valence-corrected chi connectivity index (χ1v) is 11.1. The average Bonchev–Trinajstić information content (AvgIpc) is 3.27. The molecule has 0 N–H and O–H groups in total. The number of rotatable bonds is 4. The van der Waals surface area contributed by atoms with Gasteiger partial charge in [0.1, 0.15) is 0 Å². The van der Waals surface area contributed by atoms with Crippen LogP contribution in [0.1, 0.15) is 0 Å². The monoisotopic (exact) mass is 409 g/mol. The Hall–Kier alpha value is -3.63. The molecule has 3 nitrogen and oxygen atoms in total. The molecule has 5 aromatic rings. The summed E-state index contributed by atoms with van der Waals surface area (Å²) < 4.78 is 27.9. The third-order valence-corrected chi connectivity index (χ3v) is 6.92. The van der Waals surface area contributed by atoms with Gasteiger partial charge in [0.25, 0.3) is 10.0 Å². The number of fused-ring (bicyclic) bond motifs is 1. The predicted molar refractivity (Wildman–Crippen MR) is 122 cm³/mol. The molecule has 0 saturated carbocycles. The summed E-state index contributed by atoms with van der Waals surface area (Å²) in [7, 11) is -3.68. The van der Waals surface area contributed by atoms with Crippen molar-refractivity contribution in [1.82, 2.24) is 3.97 Å². The Labute approximate surface area is 175 Å². The Kier molecular flexibility index (Phi) is 4.49. The first-order valence-electron chi connectivity index (χ1n) is 9.71. The molecule has 0 atom stereocenters. The minimum absolute atomic E-state index is 0.271. The highest BCUT2D eigenvalue weighted by atomic mass is 32.2. The molecule has 0 saturated heterocycles. The van der Waals surface area contributed by atoms with Crippen LogP contribution in [0.15, 0.2) is 120 Å². The van der Waals surface area contributed by atoms with Crippen LogP contribution in [0.3, 0.4) is 0 Å². The second kappa shape index (κ2) is 7.32. The van der Waals surface area contributed by atoms with Gasteiger partial charge in [-0.15, -0.1) is 0 Å². The van der Waals surface area contributed by atoms with Crippen molar-refractivity contribution in [3.05, 3.63) is 116 Å². The second-order valence-corrected chi connectivity index (χ2v) is 8.97. The fourth-order valence-corrected chi connectivity index (χ4v) is 5.03. The van der Waals surface area contributed by atoms with Crippen molar-refractivity contribution < 1.29 is 8.42 Å². The average molecular weight is 410 g/mol. The topological polar surface area (TPSA) is 39.1 Å². The van der Waals surface area contributed by atoms with Gasteiger partial charge in [-0.3, -0.25) is 0 Å². The van der Waals surface area contributed by atoms with Gasteiger partial charge in [-0.1, -0.05) is 91.0 Å². The fraction of sp³-hybridized carbons (Fsp3) is 0. The molecule has 4 aromatic carbocycles. The van der Waals surface area contributed by atoms with Crippen LogP contribution >= 0.6 is 0 Å². The highest BCUT2D eigenvalue weighted by molar-refractivity contribution is 7.90. The highest BCUT2D eigenvalue weighted by Crippen LogP contribution is 2.37. The molecule has 0 radical (unpaired) electrons. The van der Waals surface area contributed by atoms with Crippen molar-refractivity contribution >= 4 is 20.8 Å². The third-order valence-electron chi connectivity index (χ3n) is 5.29. The van der Waals surface area contributed by atoms with E-state index in [4.69, 9.17) is 0 Å². The zero-order chi connectivity index (χ0) is 20.6. The maximum atomic E-state index is 13.3. The summed E-state index contributed by atoms with van der Waals surface area (Å²) in [5, 5.41) is 1.81. The summed E-state index contributed by atoms with van der Waals surface area (Å²) in [5.74, 6) is 0. The van der Waals surface area contributed by atoms with E-state index in [0.29, 0.717) is 0 Å². The van der Waals surface area contributed by atoms with Gasteiger partial charge in [0.15, 0.2) is 0 Å². The summed E-state index contributed by atoms with van der Waals surface area (Å²) in [6.45, 7) is 0. The number of aromatic nitrogens is 1. The van der Waals surface area contributed by atoms with Gasteiger partial charge >= 0.3 is 0 Å². The molecule has 4 heteroatoms. The van der Waals surface area contributed by atoms with E-state index in [1.807, 2.05) is 66.7 Å². The van der Waals surface area contributed by atoms with Gasteiger partial charge < -0.3 is 0 Å². The lowest BCUT2D eigenvalue weighted by atomic mass is 9.95. The second-order valence-electron chi connectivity index (χ2n) is 7.13. The summed E-state index contributed by atoms with van der Waals surface area (Å²) in [6.07, 6.45) is 3.46. The molecule has 1 aromatic heterocycles. The lowest BCUT2D eigenvalue weighted by molar-refractivity contribution is 0.587. The Bertz CT molecular complexity index is 1350. The Balaban J connectivity index is 1.80. The van der Waals surface area contributed by atoms with Crippen molar-refractivity contribution in [3.63, 3.8) is 0 Å². The van der Waals surface area contributed by atoms with Crippen LogP contribution in [0.2, 0.25) is 0 Å². The van der Waals surface area contributed by atoms with Crippen molar-refractivity contribution in [3.8, 4) is 22.3 Å². The molecular formula is C26H19NO2S. The number of hydrogen-bond acceptors (Lipinski definition) is 2. The molecule has 0 amide bonds. The molecular weight excluding hydrogens is 390 g/mol. The Morgan fingerprint density at radius 3 is 1.33 bits per heavy atom. The van der Waals surface area contributed by atoms with E-state index in [2.05, 4.69) is 12.1 Å². The molecule has 0 spiro atoms. The standard InChI is InChI=1S/C26H19NO2S/c28-30(29,22-14-8-3-9-15-22)27-18-25-23(20-10-4-1-5-11-20)16-17-24(26(25)19-27)21-12-6-2-7-13-21/h1-19H. The SMILES string of the molecule is O=S(=O)(c1ccccc1)n1cc2c(-c3ccccc3)ccc(-c3ccccc3)c2c1. The quantitative estimate of drug-likeness (QED) is 0.354. The predicted octanol–water partition coefficient (Wildman–Crippen LogP) is 6.21. The van der Waals surface area contributed by atoms with Crippen molar-refractivity contribution in [2.24, 2.45) is 0 Å². The van der Waals surface area contributed by atoms with Crippen LogP contribution in [0.25, 0.3) is 33.0 Å². The van der Waals surface area contributed by atoms with Gasteiger partial charge in [-0.2, -0.15) is 0 Å². The molecule has 0 aliphatic rings. The Morgan fingerprint density at radius 2 is 0.900 bits per heavy atom. The van der Waals surface area contributed by atoms with Crippen molar-refractivity contribution in [1.29, 1.82) is 0 Å². The van der Waals surface area contributed by atoms with Crippen LogP contribution in [0, 0.1) is 0 Å². The maximum absolute atomic E-state index is 13.3. The molecule has 146 valence electrons. The number of benzene rings is 4. The number of hydrogen-bond donors (Lipinski definition) is 0. The number of nitrogens with zero attached hydrogens (tertiary/aromatic N) is 1. The minimum Gasteiger partial charge on any atom is -0.248 e. The van der Waals surface area contributed by atoms with E-state index in [1.54, 1.807) is 36.7 Å². The summed E-state index contributed by atoms with van der Waals surface area (Å²) in [6, 6.07) is 32.7. The van der Waals surface area contributed by atoms with E-state index >= 15 is 0 Å². The van der Waals surface area contributed by atoms with E-state index in [9.17, 15) is 8.42 Å². The molecule has 0 aliphatic carbocycles. The lowest BCUT2D eigenvalue weighted by Crippen LogP contribution is -2.10. The van der Waals surface area contributed by atoms with Crippen LogP contribution in [-0.2, 0) is 10.0 Å². The van der Waals surface area contributed by atoms with Gasteiger partial charge in [0, 0.05) is 23.2 Å². The van der Waals surface area contributed by atoms with E-state index in [1.165, 1.54) is 3.97 Å². The molecule has 1 heterocycles. The van der Waals surface area contributed by atoms with E-state index in [-0.39, 0.29) is 4.90 Å². The fourth-order valence-electron chi connectivity index (χ4n) is 3.80. The summed E-state index contributed by atoms with van der Waals surface area (Å²) in [5.41, 5.74) is 4.12. The Morgan fingerprint density at radius 1 is 0.500 bits per heavy atom. The molecule has 30 heavy (non-hydrogen) atoms. The largest absolute Gasteiger partial charge is 0.267 e. The minimum atomic E-state index is -3.68. The molecule has 5 rings (SSSR count). The molecule has 0 fully saturated rings. The van der Waals surface area contributed by atoms with Crippen LogP contribution in [-0.4, -0.2) is 12.4 Å². The maximum Gasteiger partial charge on any atom is 0.267 e. The van der Waals surface area contributed by atoms with E-state index < -0.39 is 10.0 Å². The van der Waals surface area contributed by atoms with Gasteiger partial charge in [-0.25, -0.2) is 12.4 Å².